The zero-order chi connectivity index (χ0) is 18.0. The number of hydrogen-bond donors (Lipinski definition) is 3. The smallest absolute Gasteiger partial charge is 0.243 e. The molecule has 4 N–H and O–H groups in total. The molecule has 0 bridgehead atoms. The molecular formula is C16H31N3O3S. The van der Waals surface area contributed by atoms with Crippen LogP contribution in [0.2, 0.25) is 0 Å². The molecule has 0 saturated heterocycles. The Bertz CT molecular complexity index is 391. The van der Waals surface area contributed by atoms with E-state index >= 15 is 0 Å². The van der Waals surface area contributed by atoms with Crippen LogP contribution in [0, 0.1) is 11.8 Å². The molecule has 2 amide bonds. The normalized spacial score (nSPS) is 16.3. The lowest BCUT2D eigenvalue weighted by Gasteiger charge is -2.27. The summed E-state index contributed by atoms with van der Waals surface area (Å²) in [5, 5.41) is 5.45. The second kappa shape index (κ2) is 11.5. The van der Waals surface area contributed by atoms with Gasteiger partial charge in [-0.15, -0.1) is 0 Å². The summed E-state index contributed by atoms with van der Waals surface area (Å²) in [4.78, 5) is 35.7. The van der Waals surface area contributed by atoms with Gasteiger partial charge in [0.25, 0.3) is 0 Å². The van der Waals surface area contributed by atoms with Gasteiger partial charge in [-0.25, -0.2) is 0 Å². The fourth-order valence-corrected chi connectivity index (χ4v) is 2.44. The van der Waals surface area contributed by atoms with Crippen molar-refractivity contribution in [1.29, 1.82) is 0 Å². The molecule has 0 aromatic heterocycles. The number of carbonyl (C=O) groups excluding carboxylic acids is 3. The molecule has 0 fully saturated rings. The third-order valence-corrected chi connectivity index (χ3v) is 4.58. The summed E-state index contributed by atoms with van der Waals surface area (Å²) < 4.78 is 0. The van der Waals surface area contributed by atoms with Crippen LogP contribution in [-0.2, 0) is 14.4 Å². The standard InChI is InChI=1S/C16H31N3O3S/c1-6-11(4)14(19-15(21)13(17)10(2)3)16(22)18-12(9-20)7-8-23-5/h9-14H,6-8,17H2,1-5H3,(H,18,22)(H,19,21)/t11-,12-,13-,14-/m0/s1. The van der Waals surface area contributed by atoms with Gasteiger partial charge in [-0.2, -0.15) is 11.8 Å². The van der Waals surface area contributed by atoms with Gasteiger partial charge in [0.05, 0.1) is 12.1 Å². The first-order valence-electron chi connectivity index (χ1n) is 8.08. The van der Waals surface area contributed by atoms with Gasteiger partial charge in [-0.3, -0.25) is 9.59 Å². The second-order valence-corrected chi connectivity index (χ2v) is 7.16. The van der Waals surface area contributed by atoms with Crippen molar-refractivity contribution < 1.29 is 14.4 Å². The fourth-order valence-electron chi connectivity index (χ4n) is 1.95. The molecule has 7 heteroatoms. The van der Waals surface area contributed by atoms with Crippen LogP contribution in [0.25, 0.3) is 0 Å². The summed E-state index contributed by atoms with van der Waals surface area (Å²) in [7, 11) is 0. The van der Waals surface area contributed by atoms with E-state index in [9.17, 15) is 14.4 Å². The number of rotatable bonds is 11. The third kappa shape index (κ3) is 7.83. The minimum Gasteiger partial charge on any atom is -0.345 e. The molecule has 0 rings (SSSR count). The Labute approximate surface area is 143 Å². The Morgan fingerprint density at radius 2 is 1.78 bits per heavy atom. The van der Waals surface area contributed by atoms with Gasteiger partial charge in [0, 0.05) is 0 Å². The highest BCUT2D eigenvalue weighted by atomic mass is 32.2. The highest BCUT2D eigenvalue weighted by Gasteiger charge is 2.29. The van der Waals surface area contributed by atoms with Crippen molar-refractivity contribution in [3.8, 4) is 0 Å². The quantitative estimate of drug-likeness (QED) is 0.484. The lowest BCUT2D eigenvalue weighted by molar-refractivity contribution is -0.132. The lowest BCUT2D eigenvalue weighted by atomic mass is 9.96. The van der Waals surface area contributed by atoms with Crippen LogP contribution < -0.4 is 16.4 Å². The molecule has 0 saturated carbocycles. The van der Waals surface area contributed by atoms with Crippen molar-refractivity contribution in [3.63, 3.8) is 0 Å². The molecule has 6 nitrogen and oxygen atoms in total. The number of amides is 2. The molecule has 0 unspecified atom stereocenters. The first kappa shape index (κ1) is 21.9. The average Bonchev–Trinajstić information content (AvgIpc) is 2.54. The zero-order valence-corrected chi connectivity index (χ0v) is 15.6. The van der Waals surface area contributed by atoms with Gasteiger partial charge in [-0.1, -0.05) is 34.1 Å². The Morgan fingerprint density at radius 1 is 1.17 bits per heavy atom. The third-order valence-electron chi connectivity index (χ3n) is 3.94. The average molecular weight is 346 g/mol. The molecule has 23 heavy (non-hydrogen) atoms. The largest absolute Gasteiger partial charge is 0.345 e. The van der Waals surface area contributed by atoms with E-state index in [4.69, 9.17) is 5.73 Å². The van der Waals surface area contributed by atoms with E-state index in [0.29, 0.717) is 6.42 Å². The number of aldehydes is 1. The Morgan fingerprint density at radius 3 is 2.22 bits per heavy atom. The van der Waals surface area contributed by atoms with Gasteiger partial charge in [0.1, 0.15) is 12.3 Å². The SMILES string of the molecule is CC[C@H](C)[C@H](NC(=O)[C@@H](N)C(C)C)C(=O)N[C@H](C=O)CCSC. The van der Waals surface area contributed by atoms with Gasteiger partial charge in [0.2, 0.25) is 11.8 Å². The van der Waals surface area contributed by atoms with Gasteiger partial charge in [-0.05, 0) is 30.3 Å². The van der Waals surface area contributed by atoms with Crippen LogP contribution in [0.1, 0.15) is 40.5 Å². The summed E-state index contributed by atoms with van der Waals surface area (Å²) in [5.74, 6) is 0.0441. The minimum atomic E-state index is -0.686. The van der Waals surface area contributed by atoms with E-state index in [1.54, 1.807) is 11.8 Å². The number of thioether (sulfide) groups is 1. The molecule has 134 valence electrons. The zero-order valence-electron chi connectivity index (χ0n) is 14.8. The van der Waals surface area contributed by atoms with Crippen molar-refractivity contribution in [1.82, 2.24) is 10.6 Å². The predicted octanol–water partition coefficient (Wildman–Crippen LogP) is 0.937. The highest BCUT2D eigenvalue weighted by molar-refractivity contribution is 7.98. The van der Waals surface area contributed by atoms with Crippen molar-refractivity contribution in [3.05, 3.63) is 0 Å². The molecule has 0 aromatic rings. The Kier molecular flexibility index (Phi) is 10.9. The topological polar surface area (TPSA) is 101 Å². The van der Waals surface area contributed by atoms with Gasteiger partial charge in [0.15, 0.2) is 0 Å². The van der Waals surface area contributed by atoms with Crippen LogP contribution in [-0.4, -0.2) is 48.2 Å². The van der Waals surface area contributed by atoms with E-state index in [2.05, 4.69) is 10.6 Å². The summed E-state index contributed by atoms with van der Waals surface area (Å²) in [6.07, 6.45) is 3.98. The van der Waals surface area contributed by atoms with E-state index < -0.39 is 18.1 Å². The van der Waals surface area contributed by atoms with E-state index in [-0.39, 0.29) is 23.7 Å². The monoisotopic (exact) mass is 345 g/mol. The summed E-state index contributed by atoms with van der Waals surface area (Å²) >= 11 is 1.61. The van der Waals surface area contributed by atoms with E-state index in [1.807, 2.05) is 34.0 Å². The number of hydrogen-bond acceptors (Lipinski definition) is 5. The molecular weight excluding hydrogens is 314 g/mol. The first-order valence-corrected chi connectivity index (χ1v) is 9.48. The van der Waals surface area contributed by atoms with E-state index in [0.717, 1.165) is 18.5 Å². The van der Waals surface area contributed by atoms with Crippen LogP contribution in [0.3, 0.4) is 0 Å². The lowest BCUT2D eigenvalue weighted by Crippen LogP contribution is -2.56. The summed E-state index contributed by atoms with van der Waals surface area (Å²) in [6.45, 7) is 7.55. The summed E-state index contributed by atoms with van der Waals surface area (Å²) in [6, 6.07) is -1.88. The second-order valence-electron chi connectivity index (χ2n) is 6.17. The molecule has 0 aliphatic heterocycles. The highest BCUT2D eigenvalue weighted by Crippen LogP contribution is 2.10. The number of nitrogens with two attached hydrogens (primary N) is 1. The van der Waals surface area contributed by atoms with Crippen LogP contribution in [0.15, 0.2) is 0 Å². The molecule has 0 radical (unpaired) electrons. The molecule has 0 aliphatic carbocycles. The van der Waals surface area contributed by atoms with E-state index in [1.165, 1.54) is 0 Å². The molecule has 0 aromatic carbocycles. The van der Waals surface area contributed by atoms with Crippen LogP contribution in [0.5, 0.6) is 0 Å². The van der Waals surface area contributed by atoms with Gasteiger partial charge >= 0.3 is 0 Å². The minimum absolute atomic E-state index is 0.0139. The van der Waals surface area contributed by atoms with Crippen molar-refractivity contribution >= 4 is 29.9 Å². The summed E-state index contributed by atoms with van der Waals surface area (Å²) in [5.41, 5.74) is 5.84. The maximum Gasteiger partial charge on any atom is 0.243 e. The molecule has 0 heterocycles. The fraction of sp³-hybridized carbons (Fsp3) is 0.812. The maximum atomic E-state index is 12.5. The maximum absolute atomic E-state index is 12.5. The van der Waals surface area contributed by atoms with Gasteiger partial charge < -0.3 is 21.2 Å². The van der Waals surface area contributed by atoms with Crippen LogP contribution >= 0.6 is 11.8 Å². The Balaban J connectivity index is 4.91. The van der Waals surface area contributed by atoms with Crippen molar-refractivity contribution in [2.75, 3.05) is 12.0 Å². The van der Waals surface area contributed by atoms with Crippen molar-refractivity contribution in [2.45, 2.75) is 58.7 Å². The van der Waals surface area contributed by atoms with Crippen LogP contribution in [0.4, 0.5) is 0 Å². The first-order chi connectivity index (χ1) is 10.8. The predicted molar refractivity (Wildman–Crippen MR) is 95.2 cm³/mol. The molecule has 0 aliphatic rings. The van der Waals surface area contributed by atoms with Crippen molar-refractivity contribution in [2.24, 2.45) is 17.6 Å². The number of carbonyl (C=O) groups is 3. The Hall–Kier alpha value is -1.08. The molecule has 0 spiro atoms. The molecule has 4 atom stereocenters. The number of nitrogens with one attached hydrogen (secondary N) is 2.